The van der Waals surface area contributed by atoms with Crippen molar-refractivity contribution < 1.29 is 13.5 Å². The van der Waals surface area contributed by atoms with Crippen molar-refractivity contribution in [2.24, 2.45) is 0 Å². The van der Waals surface area contributed by atoms with E-state index in [1.807, 2.05) is 6.07 Å². The normalized spacial score (nSPS) is 21.2. The van der Waals surface area contributed by atoms with Gasteiger partial charge in [0, 0.05) is 32.2 Å². The Morgan fingerprint density at radius 3 is 3.06 bits per heavy atom. The summed E-state index contributed by atoms with van der Waals surface area (Å²) < 4.78 is 28.6. The van der Waals surface area contributed by atoms with Crippen LogP contribution in [0.1, 0.15) is 12.5 Å². The number of piperazine rings is 1. The second kappa shape index (κ2) is 6.11. The van der Waals surface area contributed by atoms with Crippen LogP contribution in [0.25, 0.3) is 0 Å². The summed E-state index contributed by atoms with van der Waals surface area (Å²) in [4.78, 5) is 2.31. The molecule has 18 heavy (non-hydrogen) atoms. The lowest BCUT2D eigenvalue weighted by atomic mass is 10.1. The zero-order valence-electron chi connectivity index (χ0n) is 10.4. The predicted octanol–water partition coefficient (Wildman–Crippen LogP) is 2.08. The third-order valence-corrected chi connectivity index (χ3v) is 2.98. The molecule has 1 aliphatic heterocycles. The molecule has 0 amide bonds. The van der Waals surface area contributed by atoms with E-state index >= 15 is 0 Å². The molecule has 5 heteroatoms. The lowest BCUT2D eigenvalue weighted by Crippen LogP contribution is -2.48. The van der Waals surface area contributed by atoms with Gasteiger partial charge in [-0.3, -0.25) is 4.90 Å². The topological polar surface area (TPSA) is 24.5 Å². The minimum absolute atomic E-state index is 0.227. The Balaban J connectivity index is 1.96. The second-order valence-electron chi connectivity index (χ2n) is 4.62. The van der Waals surface area contributed by atoms with Crippen molar-refractivity contribution in [2.45, 2.75) is 26.1 Å². The quantitative estimate of drug-likeness (QED) is 0.892. The summed E-state index contributed by atoms with van der Waals surface area (Å²) in [5.41, 5.74) is 1.00. The van der Waals surface area contributed by atoms with Gasteiger partial charge >= 0.3 is 6.61 Å². The zero-order valence-corrected chi connectivity index (χ0v) is 10.4. The van der Waals surface area contributed by atoms with Crippen molar-refractivity contribution in [2.75, 3.05) is 19.6 Å². The molecule has 0 radical (unpaired) electrons. The van der Waals surface area contributed by atoms with Crippen molar-refractivity contribution >= 4 is 0 Å². The molecule has 0 bridgehead atoms. The van der Waals surface area contributed by atoms with E-state index < -0.39 is 6.61 Å². The summed E-state index contributed by atoms with van der Waals surface area (Å²) in [6.45, 7) is 3.06. The van der Waals surface area contributed by atoms with E-state index in [9.17, 15) is 8.78 Å². The predicted molar refractivity (Wildman–Crippen MR) is 65.8 cm³/mol. The molecule has 0 aromatic heterocycles. The molecule has 1 aromatic rings. The molecule has 0 spiro atoms. The molecule has 1 fully saturated rings. The Bertz CT molecular complexity index is 387. The molecule has 1 heterocycles. The molecular formula is C13H18F2N2O. The highest BCUT2D eigenvalue weighted by Crippen LogP contribution is 2.17. The summed E-state index contributed by atoms with van der Waals surface area (Å²) in [5, 5.41) is 3.37. The Morgan fingerprint density at radius 1 is 1.50 bits per heavy atom. The molecule has 3 nitrogen and oxygen atoms in total. The molecule has 1 atom stereocenters. The standard InChI is InChI=1S/C13H18F2N2O/c1-10-8-17(6-5-16-10)9-11-3-2-4-12(7-11)18-13(14)15/h2-4,7,10,13,16H,5-6,8-9H2,1H3/t10-/m0/s1. The Morgan fingerprint density at radius 2 is 2.33 bits per heavy atom. The fourth-order valence-electron chi connectivity index (χ4n) is 2.23. The second-order valence-corrected chi connectivity index (χ2v) is 4.62. The molecule has 1 aliphatic rings. The van der Waals surface area contributed by atoms with Crippen LogP contribution < -0.4 is 10.1 Å². The molecule has 0 unspecified atom stereocenters. The monoisotopic (exact) mass is 256 g/mol. The van der Waals surface area contributed by atoms with Crippen LogP contribution in [0.4, 0.5) is 8.78 Å². The van der Waals surface area contributed by atoms with Crippen molar-refractivity contribution in [3.05, 3.63) is 29.8 Å². The molecular weight excluding hydrogens is 238 g/mol. The summed E-state index contributed by atoms with van der Waals surface area (Å²) >= 11 is 0. The van der Waals surface area contributed by atoms with Crippen LogP contribution in [0, 0.1) is 0 Å². The van der Waals surface area contributed by atoms with Crippen LogP contribution in [0.2, 0.25) is 0 Å². The van der Waals surface area contributed by atoms with Gasteiger partial charge < -0.3 is 10.1 Å². The Kier molecular flexibility index (Phi) is 4.49. The molecule has 1 N–H and O–H groups in total. The van der Waals surface area contributed by atoms with Crippen molar-refractivity contribution in [1.29, 1.82) is 0 Å². The lowest BCUT2D eigenvalue weighted by molar-refractivity contribution is -0.0499. The van der Waals surface area contributed by atoms with E-state index in [0.717, 1.165) is 31.7 Å². The maximum absolute atomic E-state index is 12.1. The maximum atomic E-state index is 12.1. The number of nitrogens with one attached hydrogen (secondary N) is 1. The lowest BCUT2D eigenvalue weighted by Gasteiger charge is -2.31. The molecule has 0 aliphatic carbocycles. The number of halogens is 2. The summed E-state index contributed by atoms with van der Waals surface area (Å²) in [6.07, 6.45) is 0. The van der Waals surface area contributed by atoms with Crippen LogP contribution in [-0.2, 0) is 6.54 Å². The van der Waals surface area contributed by atoms with Crippen LogP contribution >= 0.6 is 0 Å². The van der Waals surface area contributed by atoms with Crippen LogP contribution in [-0.4, -0.2) is 37.2 Å². The van der Waals surface area contributed by atoms with E-state index in [0.29, 0.717) is 6.04 Å². The first-order chi connectivity index (χ1) is 8.63. The SMILES string of the molecule is C[C@H]1CN(Cc2cccc(OC(F)F)c2)CCN1. The van der Waals surface area contributed by atoms with Gasteiger partial charge in [-0.25, -0.2) is 0 Å². The summed E-state index contributed by atoms with van der Waals surface area (Å²) in [5.74, 6) is 0.227. The fourth-order valence-corrected chi connectivity index (χ4v) is 2.23. The van der Waals surface area contributed by atoms with E-state index in [2.05, 4.69) is 21.9 Å². The largest absolute Gasteiger partial charge is 0.435 e. The van der Waals surface area contributed by atoms with Crippen LogP contribution in [0.3, 0.4) is 0 Å². The van der Waals surface area contributed by atoms with Gasteiger partial charge in [-0.05, 0) is 24.6 Å². The molecule has 2 rings (SSSR count). The first-order valence-corrected chi connectivity index (χ1v) is 6.13. The number of nitrogens with zero attached hydrogens (tertiary/aromatic N) is 1. The van der Waals surface area contributed by atoms with E-state index in [4.69, 9.17) is 0 Å². The van der Waals surface area contributed by atoms with Gasteiger partial charge in [-0.1, -0.05) is 12.1 Å². The van der Waals surface area contributed by atoms with Gasteiger partial charge in [0.1, 0.15) is 5.75 Å². The van der Waals surface area contributed by atoms with E-state index in [1.54, 1.807) is 18.2 Å². The molecule has 1 saturated heterocycles. The summed E-state index contributed by atoms with van der Waals surface area (Å²) in [6, 6.07) is 7.39. The highest BCUT2D eigenvalue weighted by Gasteiger charge is 2.15. The van der Waals surface area contributed by atoms with Crippen LogP contribution in [0.15, 0.2) is 24.3 Å². The average Bonchev–Trinajstić information content (AvgIpc) is 2.28. The van der Waals surface area contributed by atoms with Crippen LogP contribution in [0.5, 0.6) is 5.75 Å². The smallest absolute Gasteiger partial charge is 0.387 e. The van der Waals surface area contributed by atoms with E-state index in [1.165, 1.54) is 0 Å². The number of benzene rings is 1. The number of ether oxygens (including phenoxy) is 1. The molecule has 100 valence electrons. The van der Waals surface area contributed by atoms with E-state index in [-0.39, 0.29) is 5.75 Å². The number of rotatable bonds is 4. The fraction of sp³-hybridized carbons (Fsp3) is 0.538. The Labute approximate surface area is 106 Å². The minimum Gasteiger partial charge on any atom is -0.435 e. The van der Waals surface area contributed by atoms with Gasteiger partial charge in [0.15, 0.2) is 0 Å². The number of hydrogen-bond acceptors (Lipinski definition) is 3. The third-order valence-electron chi connectivity index (χ3n) is 2.98. The zero-order chi connectivity index (χ0) is 13.0. The number of alkyl halides is 2. The third kappa shape index (κ3) is 3.92. The maximum Gasteiger partial charge on any atom is 0.387 e. The van der Waals surface area contributed by atoms with Crippen molar-refractivity contribution in [1.82, 2.24) is 10.2 Å². The highest BCUT2D eigenvalue weighted by molar-refractivity contribution is 5.28. The van der Waals surface area contributed by atoms with Gasteiger partial charge in [0.2, 0.25) is 0 Å². The number of hydrogen-bond donors (Lipinski definition) is 1. The summed E-state index contributed by atoms with van der Waals surface area (Å²) in [7, 11) is 0. The van der Waals surface area contributed by atoms with Gasteiger partial charge in [-0.2, -0.15) is 8.78 Å². The van der Waals surface area contributed by atoms with Crippen molar-refractivity contribution in [3.8, 4) is 5.75 Å². The van der Waals surface area contributed by atoms with Gasteiger partial charge in [0.25, 0.3) is 0 Å². The van der Waals surface area contributed by atoms with Crippen molar-refractivity contribution in [3.63, 3.8) is 0 Å². The Hall–Kier alpha value is -1.20. The first-order valence-electron chi connectivity index (χ1n) is 6.13. The molecule has 0 saturated carbocycles. The molecule has 1 aromatic carbocycles. The first kappa shape index (κ1) is 13.2. The highest BCUT2D eigenvalue weighted by atomic mass is 19.3. The van der Waals surface area contributed by atoms with Gasteiger partial charge in [-0.15, -0.1) is 0 Å². The van der Waals surface area contributed by atoms with Gasteiger partial charge in [0.05, 0.1) is 0 Å². The average molecular weight is 256 g/mol. The minimum atomic E-state index is -2.76.